The monoisotopic (exact) mass is 467 g/mol. The van der Waals surface area contributed by atoms with E-state index in [4.69, 9.17) is 0 Å². The summed E-state index contributed by atoms with van der Waals surface area (Å²) in [6, 6.07) is 0.382. The summed E-state index contributed by atoms with van der Waals surface area (Å²) in [7, 11) is 0. The summed E-state index contributed by atoms with van der Waals surface area (Å²) in [6.45, 7) is 6.85. The molecule has 2 N–H and O–H groups in total. The van der Waals surface area contributed by atoms with Crippen LogP contribution in [0, 0.1) is 18.8 Å². The minimum absolute atomic E-state index is 0.0319. The fraction of sp³-hybridized carbons (Fsp3) is 0.600. The van der Waals surface area contributed by atoms with E-state index in [2.05, 4.69) is 10.4 Å². The number of aromatic nitrogens is 3. The minimum Gasteiger partial charge on any atom is -0.492 e. The Morgan fingerprint density at radius 3 is 2.59 bits per heavy atom. The number of rotatable bonds is 7. The first-order valence-corrected chi connectivity index (χ1v) is 12.4. The molecule has 2 aromatic heterocycles. The third kappa shape index (κ3) is 4.12. The highest BCUT2D eigenvalue weighted by atomic mass is 16.3. The number of likely N-dealkylation sites (tertiary alicyclic amines) is 1. The van der Waals surface area contributed by atoms with Crippen LogP contribution in [0.15, 0.2) is 10.9 Å². The number of aromatic hydroxyl groups is 1. The summed E-state index contributed by atoms with van der Waals surface area (Å²) < 4.78 is 2.76. The molecule has 9 nitrogen and oxygen atoms in total. The van der Waals surface area contributed by atoms with E-state index in [1.165, 1.54) is 21.9 Å². The third-order valence-electron chi connectivity index (χ3n) is 7.05. The molecule has 34 heavy (non-hydrogen) atoms. The number of nitrogens with one attached hydrogen (secondary N) is 1. The van der Waals surface area contributed by atoms with Gasteiger partial charge in [-0.25, -0.2) is 0 Å². The SMILES string of the molecule is Cc1nn2c(O)c(C(=O)NC3CC3)c(=O)n(CC(C)C)c2c1/C=C/C(=O)N1CCCC1C1CC1. The Hall–Kier alpha value is -3.10. The van der Waals surface area contributed by atoms with Gasteiger partial charge in [0.25, 0.3) is 11.5 Å². The van der Waals surface area contributed by atoms with Crippen LogP contribution in [-0.2, 0) is 11.3 Å². The largest absolute Gasteiger partial charge is 0.492 e. The number of nitrogens with zero attached hydrogens (tertiary/aromatic N) is 4. The molecule has 0 spiro atoms. The molecule has 2 aliphatic carbocycles. The molecular formula is C25H33N5O4. The van der Waals surface area contributed by atoms with E-state index in [0.717, 1.165) is 32.2 Å². The quantitative estimate of drug-likeness (QED) is 0.608. The molecule has 1 aliphatic heterocycles. The third-order valence-corrected chi connectivity index (χ3v) is 7.05. The second kappa shape index (κ2) is 8.60. The number of fused-ring (bicyclic) bond motifs is 1. The molecule has 9 heteroatoms. The van der Waals surface area contributed by atoms with Crippen molar-refractivity contribution in [3.63, 3.8) is 0 Å². The Morgan fingerprint density at radius 2 is 1.94 bits per heavy atom. The average Bonchev–Trinajstić information content (AvgIpc) is 3.71. The van der Waals surface area contributed by atoms with Crippen LogP contribution in [-0.4, -0.2) is 54.6 Å². The van der Waals surface area contributed by atoms with E-state index >= 15 is 0 Å². The summed E-state index contributed by atoms with van der Waals surface area (Å²) in [4.78, 5) is 41.2. The topological polar surface area (TPSA) is 109 Å². The fourth-order valence-corrected chi connectivity index (χ4v) is 5.07. The van der Waals surface area contributed by atoms with Gasteiger partial charge in [0, 0.05) is 36.8 Å². The fourth-order valence-electron chi connectivity index (χ4n) is 5.07. The van der Waals surface area contributed by atoms with E-state index in [0.29, 0.717) is 35.4 Å². The maximum Gasteiger partial charge on any atom is 0.270 e. The molecule has 2 saturated carbocycles. The van der Waals surface area contributed by atoms with Crippen LogP contribution in [0.5, 0.6) is 5.88 Å². The van der Waals surface area contributed by atoms with Crippen LogP contribution in [0.4, 0.5) is 0 Å². The summed E-state index contributed by atoms with van der Waals surface area (Å²) in [5.41, 5.74) is 0.708. The molecule has 0 bridgehead atoms. The number of amides is 2. The van der Waals surface area contributed by atoms with Crippen molar-refractivity contribution >= 4 is 23.5 Å². The molecule has 5 rings (SSSR count). The molecule has 2 aromatic rings. The van der Waals surface area contributed by atoms with Crippen LogP contribution >= 0.6 is 0 Å². The summed E-state index contributed by atoms with van der Waals surface area (Å²) in [5, 5.41) is 18.1. The van der Waals surface area contributed by atoms with E-state index in [9.17, 15) is 19.5 Å². The number of carbonyl (C=O) groups is 2. The van der Waals surface area contributed by atoms with Crippen LogP contribution in [0.2, 0.25) is 0 Å². The molecule has 182 valence electrons. The molecule has 1 unspecified atom stereocenters. The first kappa shape index (κ1) is 22.7. The maximum absolute atomic E-state index is 13.4. The summed E-state index contributed by atoms with van der Waals surface area (Å²) in [5.74, 6) is -0.337. The second-order valence-electron chi connectivity index (χ2n) is 10.4. The molecule has 0 radical (unpaired) electrons. The van der Waals surface area contributed by atoms with Crippen molar-refractivity contribution in [1.29, 1.82) is 0 Å². The van der Waals surface area contributed by atoms with Gasteiger partial charge in [-0.05, 0) is 63.4 Å². The van der Waals surface area contributed by atoms with Crippen molar-refractivity contribution in [3.05, 3.63) is 33.3 Å². The van der Waals surface area contributed by atoms with Crippen molar-refractivity contribution in [2.24, 2.45) is 11.8 Å². The van der Waals surface area contributed by atoms with Crippen LogP contribution in [0.1, 0.15) is 74.0 Å². The zero-order valence-electron chi connectivity index (χ0n) is 20.1. The lowest BCUT2D eigenvalue weighted by Gasteiger charge is -2.23. The molecule has 2 amide bonds. The van der Waals surface area contributed by atoms with Crippen LogP contribution < -0.4 is 10.9 Å². The lowest BCUT2D eigenvalue weighted by atomic mass is 10.1. The van der Waals surface area contributed by atoms with Crippen molar-refractivity contribution in [1.82, 2.24) is 24.4 Å². The van der Waals surface area contributed by atoms with Gasteiger partial charge in [0.15, 0.2) is 5.56 Å². The van der Waals surface area contributed by atoms with Crippen LogP contribution in [0.3, 0.4) is 0 Å². The summed E-state index contributed by atoms with van der Waals surface area (Å²) in [6.07, 6.45) is 9.49. The molecule has 0 aromatic carbocycles. The zero-order chi connectivity index (χ0) is 24.1. The Kier molecular flexibility index (Phi) is 5.73. The normalized spacial score (nSPS) is 20.7. The highest BCUT2D eigenvalue weighted by Crippen LogP contribution is 2.40. The van der Waals surface area contributed by atoms with E-state index in [-0.39, 0.29) is 23.4 Å². The Morgan fingerprint density at radius 1 is 1.21 bits per heavy atom. The number of hydrogen-bond donors (Lipinski definition) is 2. The van der Waals surface area contributed by atoms with Crippen molar-refractivity contribution in [2.45, 2.75) is 77.9 Å². The predicted octanol–water partition coefficient (Wildman–Crippen LogP) is 2.47. The van der Waals surface area contributed by atoms with Gasteiger partial charge < -0.3 is 15.3 Å². The first-order chi connectivity index (χ1) is 16.3. The predicted molar refractivity (Wildman–Crippen MR) is 128 cm³/mol. The van der Waals surface area contributed by atoms with Gasteiger partial charge in [-0.2, -0.15) is 9.61 Å². The lowest BCUT2D eigenvalue weighted by Crippen LogP contribution is -2.36. The Labute approximate surface area is 198 Å². The zero-order valence-corrected chi connectivity index (χ0v) is 20.1. The molecule has 3 aliphatic rings. The van der Waals surface area contributed by atoms with Gasteiger partial charge in [-0.15, -0.1) is 0 Å². The highest BCUT2D eigenvalue weighted by Gasteiger charge is 2.39. The van der Waals surface area contributed by atoms with Gasteiger partial charge >= 0.3 is 0 Å². The average molecular weight is 468 g/mol. The Bertz CT molecular complexity index is 1230. The van der Waals surface area contributed by atoms with Crippen molar-refractivity contribution in [2.75, 3.05) is 6.54 Å². The highest BCUT2D eigenvalue weighted by molar-refractivity contribution is 5.97. The van der Waals surface area contributed by atoms with Gasteiger partial charge in [-0.1, -0.05) is 13.8 Å². The van der Waals surface area contributed by atoms with Gasteiger partial charge in [0.05, 0.1) is 5.69 Å². The van der Waals surface area contributed by atoms with E-state index in [1.54, 1.807) is 19.1 Å². The number of hydrogen-bond acceptors (Lipinski definition) is 5. The van der Waals surface area contributed by atoms with Crippen molar-refractivity contribution in [3.8, 4) is 5.88 Å². The van der Waals surface area contributed by atoms with Gasteiger partial charge in [-0.3, -0.25) is 19.0 Å². The molecule has 3 fully saturated rings. The molecule has 3 heterocycles. The Balaban J connectivity index is 1.56. The van der Waals surface area contributed by atoms with Gasteiger partial charge in [0.2, 0.25) is 11.8 Å². The second-order valence-corrected chi connectivity index (χ2v) is 10.4. The standard InChI is InChI=1S/C25H33N5O4/c1-14(2)13-29-23-18(10-11-20(31)28-12-4-5-19(28)16-6-7-16)15(3)27-30(23)25(34)21(24(29)33)22(32)26-17-8-9-17/h10-11,14,16-17,19,34H,4-9,12-13H2,1-3H3,(H,26,32)/b11-10+. The molecule has 1 atom stereocenters. The molecular weight excluding hydrogens is 434 g/mol. The summed E-state index contributed by atoms with van der Waals surface area (Å²) >= 11 is 0. The minimum atomic E-state index is -0.579. The smallest absolute Gasteiger partial charge is 0.270 e. The number of carbonyl (C=O) groups excluding carboxylic acids is 2. The number of aryl methyl sites for hydroxylation is 1. The molecule has 1 saturated heterocycles. The van der Waals surface area contributed by atoms with E-state index < -0.39 is 17.3 Å². The first-order valence-electron chi connectivity index (χ1n) is 12.4. The van der Waals surface area contributed by atoms with E-state index in [1.807, 2.05) is 18.7 Å². The lowest BCUT2D eigenvalue weighted by molar-refractivity contribution is -0.127. The van der Waals surface area contributed by atoms with Crippen LogP contribution in [0.25, 0.3) is 11.7 Å². The van der Waals surface area contributed by atoms with Crippen molar-refractivity contribution < 1.29 is 14.7 Å². The van der Waals surface area contributed by atoms with Gasteiger partial charge in [0.1, 0.15) is 5.65 Å². The maximum atomic E-state index is 13.4.